The third-order valence-electron chi connectivity index (χ3n) is 4.62. The fraction of sp³-hybridized carbons (Fsp3) is 0.588. The number of piperazine rings is 1. The van der Waals surface area contributed by atoms with E-state index >= 15 is 0 Å². The summed E-state index contributed by atoms with van der Waals surface area (Å²) in [7, 11) is -3.10. The molecule has 7 heteroatoms. The average molecular weight is 353 g/mol. The summed E-state index contributed by atoms with van der Waals surface area (Å²) in [4.78, 5) is 16.4. The van der Waals surface area contributed by atoms with E-state index in [0.29, 0.717) is 13.1 Å². The summed E-state index contributed by atoms with van der Waals surface area (Å²) in [6.07, 6.45) is 1.34. The maximum absolute atomic E-state index is 12.4. The Balaban J connectivity index is 1.92. The fourth-order valence-electron chi connectivity index (χ4n) is 2.94. The van der Waals surface area contributed by atoms with Crippen LogP contribution in [-0.2, 0) is 14.6 Å². The van der Waals surface area contributed by atoms with Crippen LogP contribution < -0.4 is 10.6 Å². The average Bonchev–Trinajstić information content (AvgIpc) is 2.54. The van der Waals surface area contributed by atoms with Crippen molar-refractivity contribution < 1.29 is 13.2 Å². The Morgan fingerprint density at radius 2 is 1.83 bits per heavy atom. The lowest BCUT2D eigenvalue weighted by molar-refractivity contribution is -0.132. The number of hydrogen-bond donors (Lipinski definition) is 1. The number of carbonyl (C=O) groups excluding carboxylic acids is 1. The predicted molar refractivity (Wildman–Crippen MR) is 97.0 cm³/mol. The van der Waals surface area contributed by atoms with Crippen molar-refractivity contribution in [3.05, 3.63) is 29.3 Å². The van der Waals surface area contributed by atoms with Crippen LogP contribution >= 0.6 is 0 Å². The summed E-state index contributed by atoms with van der Waals surface area (Å²) in [6.45, 7) is 6.95. The normalized spacial score (nSPS) is 17.0. The number of nitrogens with zero attached hydrogens (tertiary/aromatic N) is 2. The maximum Gasteiger partial charge on any atom is 0.239 e. The molecule has 0 aromatic heterocycles. The molecule has 2 rings (SSSR count). The highest BCUT2D eigenvalue weighted by Gasteiger charge is 2.26. The third-order valence-corrected chi connectivity index (χ3v) is 5.60. The van der Waals surface area contributed by atoms with Crippen molar-refractivity contribution >= 4 is 21.4 Å². The molecule has 1 unspecified atom stereocenters. The van der Waals surface area contributed by atoms with Crippen molar-refractivity contribution in [3.63, 3.8) is 0 Å². The van der Waals surface area contributed by atoms with Crippen LogP contribution in [0.5, 0.6) is 0 Å². The third kappa shape index (κ3) is 4.70. The Morgan fingerprint density at radius 1 is 1.21 bits per heavy atom. The number of anilines is 1. The van der Waals surface area contributed by atoms with Crippen LogP contribution in [0.3, 0.4) is 0 Å². The first kappa shape index (κ1) is 18.7. The molecule has 1 atom stereocenters. The van der Waals surface area contributed by atoms with E-state index in [1.165, 1.54) is 16.8 Å². The summed E-state index contributed by atoms with van der Waals surface area (Å²) in [5.41, 5.74) is 9.61. The molecule has 0 radical (unpaired) electrons. The molecule has 2 N–H and O–H groups in total. The smallest absolute Gasteiger partial charge is 0.239 e. The minimum atomic E-state index is -3.10. The van der Waals surface area contributed by atoms with Gasteiger partial charge in [-0.3, -0.25) is 4.79 Å². The van der Waals surface area contributed by atoms with Crippen LogP contribution in [0.25, 0.3) is 0 Å². The molecule has 6 nitrogen and oxygen atoms in total. The molecule has 1 saturated heterocycles. The minimum Gasteiger partial charge on any atom is -0.368 e. The zero-order chi connectivity index (χ0) is 17.9. The molecule has 0 spiro atoms. The summed E-state index contributed by atoms with van der Waals surface area (Å²) in [5.74, 6) is -0.207. The van der Waals surface area contributed by atoms with Crippen LogP contribution in [0.2, 0.25) is 0 Å². The zero-order valence-electron chi connectivity index (χ0n) is 14.7. The molecule has 1 fully saturated rings. The van der Waals surface area contributed by atoms with Gasteiger partial charge in [0.05, 0.1) is 11.8 Å². The Bertz CT molecular complexity index is 695. The molecule has 1 heterocycles. The molecular formula is C17H27N3O3S. The second-order valence-electron chi connectivity index (χ2n) is 6.56. The Morgan fingerprint density at radius 3 is 2.42 bits per heavy atom. The van der Waals surface area contributed by atoms with Gasteiger partial charge >= 0.3 is 0 Å². The predicted octanol–water partition coefficient (Wildman–Crippen LogP) is 0.714. The first-order valence-electron chi connectivity index (χ1n) is 8.22. The van der Waals surface area contributed by atoms with Gasteiger partial charge < -0.3 is 15.5 Å². The summed E-state index contributed by atoms with van der Waals surface area (Å²) >= 11 is 0. The van der Waals surface area contributed by atoms with E-state index in [1.54, 1.807) is 4.90 Å². The number of rotatable bonds is 5. The Hall–Kier alpha value is -1.60. The van der Waals surface area contributed by atoms with Gasteiger partial charge in [0.1, 0.15) is 9.84 Å². The van der Waals surface area contributed by atoms with Crippen LogP contribution in [-0.4, -0.2) is 63.5 Å². The summed E-state index contributed by atoms with van der Waals surface area (Å²) in [6, 6.07) is 5.51. The monoisotopic (exact) mass is 353 g/mol. The molecular weight excluding hydrogens is 326 g/mol. The number of hydrogen-bond acceptors (Lipinski definition) is 5. The highest BCUT2D eigenvalue weighted by atomic mass is 32.2. The quantitative estimate of drug-likeness (QED) is 0.843. The second-order valence-corrected chi connectivity index (χ2v) is 8.82. The van der Waals surface area contributed by atoms with Crippen molar-refractivity contribution in [1.29, 1.82) is 0 Å². The van der Waals surface area contributed by atoms with E-state index in [-0.39, 0.29) is 18.1 Å². The first-order chi connectivity index (χ1) is 11.2. The lowest BCUT2D eigenvalue weighted by Crippen LogP contribution is -2.53. The van der Waals surface area contributed by atoms with E-state index in [9.17, 15) is 13.2 Å². The summed E-state index contributed by atoms with van der Waals surface area (Å²) in [5, 5.41) is 0. The Labute approximate surface area is 144 Å². The van der Waals surface area contributed by atoms with Crippen LogP contribution in [0.15, 0.2) is 18.2 Å². The minimum absolute atomic E-state index is 0.0532. The molecule has 1 aliphatic heterocycles. The number of carbonyl (C=O) groups is 1. The van der Waals surface area contributed by atoms with Crippen LogP contribution in [0.4, 0.5) is 5.69 Å². The van der Waals surface area contributed by atoms with Gasteiger partial charge in [0.2, 0.25) is 5.91 Å². The van der Waals surface area contributed by atoms with Gasteiger partial charge in [-0.2, -0.15) is 0 Å². The SMILES string of the molecule is Cc1cccc(N2CCN(C(=O)C(N)CCS(C)(=O)=O)CC2)c1C. The van der Waals surface area contributed by atoms with Gasteiger partial charge in [-0.15, -0.1) is 0 Å². The maximum atomic E-state index is 12.4. The molecule has 0 saturated carbocycles. The number of aryl methyl sites for hydroxylation is 1. The van der Waals surface area contributed by atoms with Gasteiger partial charge in [0.15, 0.2) is 0 Å². The largest absolute Gasteiger partial charge is 0.368 e. The first-order valence-corrected chi connectivity index (χ1v) is 10.3. The van der Waals surface area contributed by atoms with E-state index in [4.69, 9.17) is 5.73 Å². The lowest BCUT2D eigenvalue weighted by Gasteiger charge is -2.38. The molecule has 1 aromatic carbocycles. The van der Waals surface area contributed by atoms with Crippen molar-refractivity contribution in [1.82, 2.24) is 4.90 Å². The van der Waals surface area contributed by atoms with Crippen molar-refractivity contribution in [2.24, 2.45) is 5.73 Å². The van der Waals surface area contributed by atoms with Gasteiger partial charge in [0.25, 0.3) is 0 Å². The molecule has 24 heavy (non-hydrogen) atoms. The van der Waals surface area contributed by atoms with Gasteiger partial charge in [-0.25, -0.2) is 8.42 Å². The number of sulfone groups is 1. The summed E-state index contributed by atoms with van der Waals surface area (Å²) < 4.78 is 22.4. The second kappa shape index (κ2) is 7.53. The van der Waals surface area contributed by atoms with Crippen molar-refractivity contribution in [2.75, 3.05) is 43.1 Å². The van der Waals surface area contributed by atoms with E-state index < -0.39 is 15.9 Å². The number of nitrogens with two attached hydrogens (primary N) is 1. The van der Waals surface area contributed by atoms with Crippen LogP contribution in [0, 0.1) is 13.8 Å². The van der Waals surface area contributed by atoms with Crippen molar-refractivity contribution in [3.8, 4) is 0 Å². The van der Waals surface area contributed by atoms with Crippen molar-refractivity contribution in [2.45, 2.75) is 26.3 Å². The lowest BCUT2D eigenvalue weighted by atomic mass is 10.1. The Kier molecular flexibility index (Phi) is 5.87. The van der Waals surface area contributed by atoms with E-state index in [2.05, 4.69) is 36.9 Å². The highest BCUT2D eigenvalue weighted by Crippen LogP contribution is 2.24. The molecule has 1 amide bonds. The zero-order valence-corrected chi connectivity index (χ0v) is 15.5. The topological polar surface area (TPSA) is 83.7 Å². The molecule has 134 valence electrons. The molecule has 0 bridgehead atoms. The van der Waals surface area contributed by atoms with Gasteiger partial charge in [0, 0.05) is 38.1 Å². The fourth-order valence-corrected chi connectivity index (χ4v) is 3.63. The standard InChI is InChI=1S/C17H27N3O3S/c1-13-5-4-6-16(14(13)2)19-8-10-20(11-9-19)17(21)15(18)7-12-24(3,22)23/h4-6,15H,7-12,18H2,1-3H3. The van der Waals surface area contributed by atoms with Gasteiger partial charge in [-0.1, -0.05) is 12.1 Å². The van der Waals surface area contributed by atoms with Crippen LogP contribution in [0.1, 0.15) is 17.5 Å². The number of amides is 1. The molecule has 1 aromatic rings. The molecule has 0 aliphatic carbocycles. The van der Waals surface area contributed by atoms with E-state index in [0.717, 1.165) is 19.3 Å². The highest BCUT2D eigenvalue weighted by molar-refractivity contribution is 7.90. The molecule has 1 aliphatic rings. The van der Waals surface area contributed by atoms with Gasteiger partial charge in [-0.05, 0) is 37.5 Å². The van der Waals surface area contributed by atoms with E-state index in [1.807, 2.05) is 0 Å². The number of benzene rings is 1.